The van der Waals surface area contributed by atoms with Crippen LogP contribution in [0.5, 0.6) is 0 Å². The Kier molecular flexibility index (Phi) is 4.59. The van der Waals surface area contributed by atoms with Crippen LogP contribution >= 0.6 is 0 Å². The molecular formula is C23H33NO4. The molecule has 1 N–H and O–H groups in total. The molecule has 0 bridgehead atoms. The number of aryl methyl sites for hydroxylation is 1. The Hall–Kier alpha value is -1.33. The third-order valence-electron chi connectivity index (χ3n) is 8.17. The molecule has 154 valence electrons. The van der Waals surface area contributed by atoms with E-state index in [9.17, 15) is 4.79 Å². The fourth-order valence-electron chi connectivity index (χ4n) is 6.43. The number of furan rings is 1. The van der Waals surface area contributed by atoms with Gasteiger partial charge in [0, 0.05) is 24.9 Å². The Morgan fingerprint density at radius 2 is 2.21 bits per heavy atom. The molecule has 0 aromatic carbocycles. The third kappa shape index (κ3) is 3.21. The van der Waals surface area contributed by atoms with Gasteiger partial charge in [-0.3, -0.25) is 4.79 Å². The van der Waals surface area contributed by atoms with Crippen molar-refractivity contribution in [3.05, 3.63) is 24.2 Å². The maximum atomic E-state index is 12.7. The summed E-state index contributed by atoms with van der Waals surface area (Å²) in [5, 5.41) is 3.59. The molecule has 1 aromatic heterocycles. The van der Waals surface area contributed by atoms with E-state index in [2.05, 4.69) is 19.2 Å². The number of ether oxygens (including phenoxy) is 2. The molecule has 4 aliphatic rings. The molecule has 2 saturated heterocycles. The zero-order valence-corrected chi connectivity index (χ0v) is 17.1. The number of fused-ring (bicyclic) bond motifs is 3. The first-order chi connectivity index (χ1) is 13.5. The number of carbonyl (C=O) groups is 1. The van der Waals surface area contributed by atoms with Gasteiger partial charge in [-0.25, -0.2) is 0 Å². The maximum Gasteiger partial charge on any atom is 0.310 e. The predicted octanol–water partition coefficient (Wildman–Crippen LogP) is 3.72. The molecule has 0 amide bonds. The summed E-state index contributed by atoms with van der Waals surface area (Å²) in [5.41, 5.74) is 0.396. The second-order valence-electron chi connectivity index (χ2n) is 10.0. The van der Waals surface area contributed by atoms with Crippen LogP contribution in [-0.2, 0) is 20.7 Å². The summed E-state index contributed by atoms with van der Waals surface area (Å²) < 4.78 is 17.3. The summed E-state index contributed by atoms with van der Waals surface area (Å²) in [6.45, 7) is 6.24. The summed E-state index contributed by atoms with van der Waals surface area (Å²) in [4.78, 5) is 12.7. The highest BCUT2D eigenvalue weighted by atomic mass is 16.6. The van der Waals surface area contributed by atoms with Crippen molar-refractivity contribution in [2.24, 2.45) is 23.2 Å². The average molecular weight is 388 g/mol. The van der Waals surface area contributed by atoms with Crippen LogP contribution in [0.15, 0.2) is 22.8 Å². The van der Waals surface area contributed by atoms with Gasteiger partial charge in [0.25, 0.3) is 0 Å². The minimum atomic E-state index is -0.0154. The number of hydrogen-bond donors (Lipinski definition) is 1. The van der Waals surface area contributed by atoms with Gasteiger partial charge in [-0.15, -0.1) is 0 Å². The molecule has 7 atom stereocenters. The van der Waals surface area contributed by atoms with Gasteiger partial charge in [-0.1, -0.05) is 6.92 Å². The van der Waals surface area contributed by atoms with Gasteiger partial charge in [-0.05, 0) is 68.9 Å². The molecule has 4 fully saturated rings. The molecule has 28 heavy (non-hydrogen) atoms. The standard InChI is InChI=1S/C23H33NO4/c1-15(6-7-16-5-3-10-26-16)24-13-18-17-11-20-22(2,12-19(17)28-21(18)25)8-4-9-23(20)14-27-23/h3,5,10,15,17-20,24H,4,6-9,11-14H2,1-2H3. The fourth-order valence-corrected chi connectivity index (χ4v) is 6.43. The molecular weight excluding hydrogens is 354 g/mol. The van der Waals surface area contributed by atoms with Crippen LogP contribution in [0, 0.1) is 23.2 Å². The summed E-state index contributed by atoms with van der Waals surface area (Å²) in [5.74, 6) is 1.94. The number of hydrogen-bond acceptors (Lipinski definition) is 5. The van der Waals surface area contributed by atoms with Gasteiger partial charge in [0.2, 0.25) is 0 Å². The van der Waals surface area contributed by atoms with Gasteiger partial charge in [0.15, 0.2) is 0 Å². The van der Waals surface area contributed by atoms with Crippen LogP contribution in [0.25, 0.3) is 0 Å². The van der Waals surface area contributed by atoms with E-state index in [0.717, 1.165) is 44.6 Å². The quantitative estimate of drug-likeness (QED) is 0.595. The van der Waals surface area contributed by atoms with E-state index >= 15 is 0 Å². The van der Waals surface area contributed by atoms with Crippen LogP contribution in [0.3, 0.4) is 0 Å². The maximum absolute atomic E-state index is 12.7. The lowest BCUT2D eigenvalue weighted by atomic mass is 9.53. The van der Waals surface area contributed by atoms with Crippen LogP contribution in [0.4, 0.5) is 0 Å². The predicted molar refractivity (Wildman–Crippen MR) is 105 cm³/mol. The highest BCUT2D eigenvalue weighted by Gasteiger charge is 2.64. The first-order valence-corrected chi connectivity index (χ1v) is 11.1. The van der Waals surface area contributed by atoms with Crippen LogP contribution in [0.1, 0.15) is 58.1 Å². The molecule has 3 heterocycles. The third-order valence-corrected chi connectivity index (χ3v) is 8.17. The minimum absolute atomic E-state index is 0.00810. The first kappa shape index (κ1) is 18.7. The minimum Gasteiger partial charge on any atom is -0.469 e. The Labute approximate surface area is 167 Å². The summed E-state index contributed by atoms with van der Waals surface area (Å²) in [6.07, 6.45) is 9.54. The summed E-state index contributed by atoms with van der Waals surface area (Å²) in [6, 6.07) is 4.30. The Balaban J connectivity index is 1.21. The molecule has 2 aliphatic heterocycles. The Bertz CT molecular complexity index is 712. The second-order valence-corrected chi connectivity index (χ2v) is 10.0. The van der Waals surface area contributed by atoms with E-state index in [1.165, 1.54) is 19.3 Å². The fraction of sp³-hybridized carbons (Fsp3) is 0.783. The van der Waals surface area contributed by atoms with E-state index in [4.69, 9.17) is 13.9 Å². The first-order valence-electron chi connectivity index (χ1n) is 11.1. The highest BCUT2D eigenvalue weighted by Crippen LogP contribution is 2.62. The lowest BCUT2D eigenvalue weighted by molar-refractivity contribution is -0.147. The molecule has 5 heteroatoms. The van der Waals surface area contributed by atoms with Crippen molar-refractivity contribution in [1.82, 2.24) is 5.32 Å². The monoisotopic (exact) mass is 387 g/mol. The highest BCUT2D eigenvalue weighted by molar-refractivity contribution is 5.75. The van der Waals surface area contributed by atoms with Crippen molar-refractivity contribution in [2.45, 2.75) is 76.5 Å². The van der Waals surface area contributed by atoms with Gasteiger partial charge in [0.1, 0.15) is 11.9 Å². The average Bonchev–Trinajstić information content (AvgIpc) is 3.11. The number of carbonyl (C=O) groups excluding carboxylic acids is 1. The molecule has 2 saturated carbocycles. The topological polar surface area (TPSA) is 64.0 Å². The second kappa shape index (κ2) is 6.88. The molecule has 5 nitrogen and oxygen atoms in total. The summed E-state index contributed by atoms with van der Waals surface area (Å²) in [7, 11) is 0. The zero-order chi connectivity index (χ0) is 19.4. The number of rotatable bonds is 6. The van der Waals surface area contributed by atoms with E-state index in [1.54, 1.807) is 6.26 Å². The van der Waals surface area contributed by atoms with Gasteiger partial charge in [0.05, 0.1) is 24.4 Å². The normalized spacial score (nSPS) is 42.7. The zero-order valence-electron chi connectivity index (χ0n) is 17.1. The summed E-state index contributed by atoms with van der Waals surface area (Å²) >= 11 is 0. The van der Waals surface area contributed by atoms with Crippen LogP contribution < -0.4 is 5.32 Å². The molecule has 1 spiro atoms. The van der Waals surface area contributed by atoms with E-state index in [1.807, 2.05) is 12.1 Å². The van der Waals surface area contributed by atoms with Crippen molar-refractivity contribution in [2.75, 3.05) is 13.2 Å². The van der Waals surface area contributed by atoms with Crippen molar-refractivity contribution in [1.29, 1.82) is 0 Å². The largest absolute Gasteiger partial charge is 0.469 e. The van der Waals surface area contributed by atoms with Crippen molar-refractivity contribution in [3.63, 3.8) is 0 Å². The molecule has 2 aliphatic carbocycles. The molecule has 7 unspecified atom stereocenters. The Morgan fingerprint density at radius 3 is 2.96 bits per heavy atom. The molecule has 0 radical (unpaired) electrons. The molecule has 5 rings (SSSR count). The van der Waals surface area contributed by atoms with E-state index in [-0.39, 0.29) is 29.0 Å². The Morgan fingerprint density at radius 1 is 1.36 bits per heavy atom. The van der Waals surface area contributed by atoms with Gasteiger partial charge in [-0.2, -0.15) is 0 Å². The van der Waals surface area contributed by atoms with E-state index < -0.39 is 0 Å². The number of nitrogens with one attached hydrogen (secondary N) is 1. The molecule has 1 aromatic rings. The van der Waals surface area contributed by atoms with Crippen LogP contribution in [-0.4, -0.2) is 36.9 Å². The van der Waals surface area contributed by atoms with Crippen molar-refractivity contribution >= 4 is 5.97 Å². The van der Waals surface area contributed by atoms with E-state index in [0.29, 0.717) is 17.9 Å². The van der Waals surface area contributed by atoms with Crippen molar-refractivity contribution in [3.8, 4) is 0 Å². The SMILES string of the molecule is CC(CCc1ccco1)NCC1C(=O)OC2CC3(C)CCCC4(CO4)C3CC21. The lowest BCUT2D eigenvalue weighted by Crippen LogP contribution is -2.51. The lowest BCUT2D eigenvalue weighted by Gasteiger charge is -2.51. The van der Waals surface area contributed by atoms with Gasteiger partial charge >= 0.3 is 5.97 Å². The number of epoxide rings is 1. The van der Waals surface area contributed by atoms with Crippen molar-refractivity contribution < 1.29 is 18.7 Å². The number of esters is 1. The van der Waals surface area contributed by atoms with Crippen LogP contribution in [0.2, 0.25) is 0 Å². The van der Waals surface area contributed by atoms with Gasteiger partial charge < -0.3 is 19.2 Å². The smallest absolute Gasteiger partial charge is 0.310 e.